The predicted octanol–water partition coefficient (Wildman–Crippen LogP) is 3.07. The number of fused-ring (bicyclic) bond motifs is 1. The van der Waals surface area contributed by atoms with Crippen LogP contribution in [-0.2, 0) is 16.0 Å². The van der Waals surface area contributed by atoms with Crippen LogP contribution in [0.4, 0.5) is 5.13 Å². The molecule has 3 rings (SSSR count). The number of aromatic nitrogens is 1. The van der Waals surface area contributed by atoms with Crippen molar-refractivity contribution >= 4 is 34.2 Å². The van der Waals surface area contributed by atoms with Gasteiger partial charge in [-0.25, -0.2) is 4.98 Å². The maximum atomic E-state index is 12.1. The van der Waals surface area contributed by atoms with Gasteiger partial charge in [0.1, 0.15) is 5.92 Å². The van der Waals surface area contributed by atoms with Crippen molar-refractivity contribution in [2.45, 2.75) is 45.1 Å². The van der Waals surface area contributed by atoms with E-state index in [4.69, 9.17) is 9.72 Å². The summed E-state index contributed by atoms with van der Waals surface area (Å²) in [7, 11) is 0. The van der Waals surface area contributed by atoms with Crippen molar-refractivity contribution in [1.82, 2.24) is 4.98 Å². The molecule has 0 bridgehead atoms. The van der Waals surface area contributed by atoms with Crippen molar-refractivity contribution < 1.29 is 9.53 Å². The number of carbonyl (C=O) groups excluding carboxylic acids is 1. The molecule has 0 N–H and O–H groups in total. The summed E-state index contributed by atoms with van der Waals surface area (Å²) in [6.45, 7) is 5.63. The van der Waals surface area contributed by atoms with Crippen molar-refractivity contribution in [3.63, 3.8) is 0 Å². The Hall–Kier alpha value is -0.750. The molecule has 1 aliphatic heterocycles. The van der Waals surface area contributed by atoms with Crippen LogP contribution in [0.25, 0.3) is 0 Å². The van der Waals surface area contributed by atoms with E-state index in [0.717, 1.165) is 48.1 Å². The minimum atomic E-state index is -0.145. The quantitative estimate of drug-likeness (QED) is 0.799. The van der Waals surface area contributed by atoms with E-state index in [1.165, 1.54) is 4.88 Å². The summed E-state index contributed by atoms with van der Waals surface area (Å²) < 4.78 is 5.22. The average molecular weight is 326 g/mol. The van der Waals surface area contributed by atoms with E-state index >= 15 is 0 Å². The fourth-order valence-corrected chi connectivity index (χ4v) is 5.32. The third kappa shape index (κ3) is 3.06. The van der Waals surface area contributed by atoms with Crippen molar-refractivity contribution in [3.05, 3.63) is 10.6 Å². The molecule has 0 amide bonds. The zero-order valence-electron chi connectivity index (χ0n) is 12.6. The molecule has 1 aromatic heterocycles. The Kier molecular flexibility index (Phi) is 4.74. The number of thioether (sulfide) groups is 1. The van der Waals surface area contributed by atoms with Crippen molar-refractivity contribution in [2.75, 3.05) is 29.6 Å². The number of esters is 1. The van der Waals surface area contributed by atoms with E-state index in [0.29, 0.717) is 12.6 Å². The van der Waals surface area contributed by atoms with Crippen LogP contribution in [0.1, 0.15) is 43.2 Å². The van der Waals surface area contributed by atoms with Gasteiger partial charge in [-0.05, 0) is 33.1 Å². The van der Waals surface area contributed by atoms with Gasteiger partial charge in [-0.2, -0.15) is 11.8 Å². The van der Waals surface area contributed by atoms with Gasteiger partial charge in [-0.15, -0.1) is 11.3 Å². The normalized spacial score (nSPS) is 25.5. The Balaban J connectivity index is 1.85. The van der Waals surface area contributed by atoms with Crippen LogP contribution < -0.4 is 4.90 Å². The molecule has 1 fully saturated rings. The molecule has 2 unspecified atom stereocenters. The van der Waals surface area contributed by atoms with E-state index in [9.17, 15) is 4.79 Å². The summed E-state index contributed by atoms with van der Waals surface area (Å²) in [6, 6.07) is 0.525. The highest BCUT2D eigenvalue weighted by atomic mass is 32.2. The minimum Gasteiger partial charge on any atom is -0.465 e. The molecule has 1 aromatic rings. The number of thiazole rings is 1. The summed E-state index contributed by atoms with van der Waals surface area (Å²) in [5.74, 6) is 2.08. The standard InChI is InChI=1S/C15H22N2O2S2/c1-3-19-14(18)11-5-4-6-12-13(11)16-15(21-12)17-7-8-20-9-10(17)2/h10-11H,3-9H2,1-2H3. The molecule has 4 nitrogen and oxygen atoms in total. The summed E-state index contributed by atoms with van der Waals surface area (Å²) in [5, 5.41) is 1.10. The summed E-state index contributed by atoms with van der Waals surface area (Å²) >= 11 is 3.79. The van der Waals surface area contributed by atoms with Gasteiger partial charge in [-0.3, -0.25) is 4.79 Å². The minimum absolute atomic E-state index is 0.0995. The van der Waals surface area contributed by atoms with E-state index in [2.05, 4.69) is 11.8 Å². The van der Waals surface area contributed by atoms with Crippen molar-refractivity contribution in [2.24, 2.45) is 0 Å². The maximum Gasteiger partial charge on any atom is 0.315 e. The summed E-state index contributed by atoms with van der Waals surface area (Å²) in [4.78, 5) is 20.7. The molecular formula is C15H22N2O2S2. The lowest BCUT2D eigenvalue weighted by Gasteiger charge is -2.32. The van der Waals surface area contributed by atoms with Crippen LogP contribution in [0.3, 0.4) is 0 Å². The van der Waals surface area contributed by atoms with E-state index in [1.54, 1.807) is 11.3 Å². The third-order valence-corrected chi connectivity index (χ3v) is 6.48. The van der Waals surface area contributed by atoms with Crippen LogP contribution in [0.2, 0.25) is 0 Å². The molecular weight excluding hydrogens is 304 g/mol. The van der Waals surface area contributed by atoms with E-state index in [1.807, 2.05) is 18.7 Å². The van der Waals surface area contributed by atoms with Gasteiger partial charge in [0.25, 0.3) is 0 Å². The molecule has 0 saturated carbocycles. The number of rotatable bonds is 3. The molecule has 2 atom stereocenters. The average Bonchev–Trinajstić information content (AvgIpc) is 2.91. The highest BCUT2D eigenvalue weighted by Crippen LogP contribution is 2.39. The zero-order chi connectivity index (χ0) is 14.8. The van der Waals surface area contributed by atoms with Gasteiger partial charge >= 0.3 is 5.97 Å². The molecule has 116 valence electrons. The number of anilines is 1. The van der Waals surface area contributed by atoms with E-state index < -0.39 is 0 Å². The Morgan fingerprint density at radius 3 is 3.14 bits per heavy atom. The maximum absolute atomic E-state index is 12.1. The van der Waals surface area contributed by atoms with Crippen molar-refractivity contribution in [1.29, 1.82) is 0 Å². The Labute approximate surface area is 134 Å². The van der Waals surface area contributed by atoms with Gasteiger partial charge in [0, 0.05) is 29.0 Å². The van der Waals surface area contributed by atoms with Gasteiger partial charge < -0.3 is 9.64 Å². The Morgan fingerprint density at radius 2 is 2.38 bits per heavy atom. The second-order valence-electron chi connectivity index (χ2n) is 5.62. The lowest BCUT2D eigenvalue weighted by molar-refractivity contribution is -0.145. The Bertz CT molecular complexity index is 518. The first kappa shape index (κ1) is 15.2. The molecule has 2 heterocycles. The first-order chi connectivity index (χ1) is 10.2. The molecule has 2 aliphatic rings. The lowest BCUT2D eigenvalue weighted by Crippen LogP contribution is -2.40. The van der Waals surface area contributed by atoms with Crippen LogP contribution in [0, 0.1) is 0 Å². The number of carbonyl (C=O) groups is 1. The number of ether oxygens (including phenoxy) is 1. The topological polar surface area (TPSA) is 42.4 Å². The molecule has 0 spiro atoms. The highest BCUT2D eigenvalue weighted by Gasteiger charge is 2.33. The monoisotopic (exact) mass is 326 g/mol. The van der Waals surface area contributed by atoms with Crippen LogP contribution in [0.15, 0.2) is 0 Å². The molecule has 0 aromatic carbocycles. The molecule has 6 heteroatoms. The number of aryl methyl sites for hydroxylation is 1. The first-order valence-corrected chi connectivity index (χ1v) is 9.68. The van der Waals surface area contributed by atoms with Crippen LogP contribution in [-0.4, -0.2) is 41.7 Å². The lowest BCUT2D eigenvalue weighted by atomic mass is 9.91. The number of nitrogens with zero attached hydrogens (tertiary/aromatic N) is 2. The van der Waals surface area contributed by atoms with Crippen LogP contribution >= 0.6 is 23.1 Å². The molecule has 1 saturated heterocycles. The second-order valence-corrected chi connectivity index (χ2v) is 7.83. The van der Waals surface area contributed by atoms with Gasteiger partial charge in [0.2, 0.25) is 0 Å². The van der Waals surface area contributed by atoms with Gasteiger partial charge in [0.05, 0.1) is 12.3 Å². The Morgan fingerprint density at radius 1 is 1.52 bits per heavy atom. The van der Waals surface area contributed by atoms with Gasteiger partial charge in [0.15, 0.2) is 5.13 Å². The van der Waals surface area contributed by atoms with E-state index in [-0.39, 0.29) is 11.9 Å². The summed E-state index contributed by atoms with van der Waals surface area (Å²) in [6.07, 6.45) is 2.99. The largest absolute Gasteiger partial charge is 0.465 e. The fraction of sp³-hybridized carbons (Fsp3) is 0.733. The van der Waals surface area contributed by atoms with Crippen LogP contribution in [0.5, 0.6) is 0 Å². The third-order valence-electron chi connectivity index (χ3n) is 4.13. The predicted molar refractivity (Wildman–Crippen MR) is 88.6 cm³/mol. The smallest absolute Gasteiger partial charge is 0.315 e. The number of hydrogen-bond donors (Lipinski definition) is 0. The van der Waals surface area contributed by atoms with Gasteiger partial charge in [-0.1, -0.05) is 0 Å². The molecule has 21 heavy (non-hydrogen) atoms. The summed E-state index contributed by atoms with van der Waals surface area (Å²) in [5.41, 5.74) is 0.991. The zero-order valence-corrected chi connectivity index (χ0v) is 14.3. The highest BCUT2D eigenvalue weighted by molar-refractivity contribution is 7.99. The van der Waals surface area contributed by atoms with Crippen molar-refractivity contribution in [3.8, 4) is 0 Å². The number of hydrogen-bond acceptors (Lipinski definition) is 6. The fourth-order valence-electron chi connectivity index (χ4n) is 3.01. The molecule has 0 radical (unpaired) electrons. The SMILES string of the molecule is CCOC(=O)C1CCCc2sc(N3CCSCC3C)nc21. The molecule has 1 aliphatic carbocycles. The second kappa shape index (κ2) is 6.57. The first-order valence-electron chi connectivity index (χ1n) is 7.71.